The van der Waals surface area contributed by atoms with E-state index in [4.69, 9.17) is 0 Å². The molecule has 0 fully saturated rings. The molecule has 1 heterocycles. The van der Waals surface area contributed by atoms with Gasteiger partial charge in [0.2, 0.25) is 5.91 Å². The second kappa shape index (κ2) is 7.61. The van der Waals surface area contributed by atoms with Gasteiger partial charge < -0.3 is 14.9 Å². The van der Waals surface area contributed by atoms with Crippen LogP contribution in [0.25, 0.3) is 0 Å². The van der Waals surface area contributed by atoms with Crippen molar-refractivity contribution in [1.82, 2.24) is 4.90 Å². The van der Waals surface area contributed by atoms with Crippen LogP contribution < -0.4 is 4.90 Å². The van der Waals surface area contributed by atoms with E-state index in [1.54, 1.807) is 23.1 Å². The number of carbonyl (C=O) groups excluding carboxylic acids is 2. The molecule has 27 heavy (non-hydrogen) atoms. The van der Waals surface area contributed by atoms with Crippen molar-refractivity contribution in [2.45, 2.75) is 25.8 Å². The first-order valence-electron chi connectivity index (χ1n) is 8.83. The molecule has 0 aromatic heterocycles. The lowest BCUT2D eigenvalue weighted by Gasteiger charge is -2.25. The minimum absolute atomic E-state index is 0.0289. The van der Waals surface area contributed by atoms with Gasteiger partial charge in [0.15, 0.2) is 0 Å². The fourth-order valence-corrected chi connectivity index (χ4v) is 3.43. The number of rotatable bonds is 5. The number of amides is 2. The maximum atomic E-state index is 12.9. The zero-order valence-electron chi connectivity index (χ0n) is 15.4. The number of benzene rings is 2. The van der Waals surface area contributed by atoms with E-state index in [0.717, 1.165) is 16.8 Å². The van der Waals surface area contributed by atoms with Crippen molar-refractivity contribution in [3.05, 3.63) is 65.2 Å². The number of carboxylic acids is 1. The van der Waals surface area contributed by atoms with Gasteiger partial charge in [-0.05, 0) is 35.7 Å². The van der Waals surface area contributed by atoms with Crippen LogP contribution in [-0.2, 0) is 22.4 Å². The van der Waals surface area contributed by atoms with E-state index in [0.29, 0.717) is 18.5 Å². The third-order valence-electron chi connectivity index (χ3n) is 4.95. The smallest absolute Gasteiger partial charge is 0.326 e. The molecular weight excluding hydrogens is 344 g/mol. The van der Waals surface area contributed by atoms with Crippen LogP contribution >= 0.6 is 0 Å². The molecule has 1 N–H and O–H groups in total. The number of carbonyl (C=O) groups is 3. The summed E-state index contributed by atoms with van der Waals surface area (Å²) in [5.74, 6) is -1.42. The SMILES string of the molecule is CC(=O)N1CCc2cc(C(=O)N(C)C(Cc3ccccc3)C(=O)O)ccc21. The lowest BCUT2D eigenvalue weighted by atomic mass is 10.0. The van der Waals surface area contributed by atoms with E-state index in [1.165, 1.54) is 18.9 Å². The molecule has 140 valence electrons. The number of carboxylic acid groups (broad SMARTS) is 1. The molecule has 0 spiro atoms. The second-order valence-electron chi connectivity index (χ2n) is 6.72. The van der Waals surface area contributed by atoms with E-state index < -0.39 is 12.0 Å². The zero-order valence-corrected chi connectivity index (χ0v) is 15.4. The molecular formula is C21H22N2O4. The summed E-state index contributed by atoms with van der Waals surface area (Å²) in [5.41, 5.74) is 3.04. The van der Waals surface area contributed by atoms with Crippen LogP contribution in [0.2, 0.25) is 0 Å². The molecule has 0 aliphatic carbocycles. The Balaban J connectivity index is 1.81. The Morgan fingerprint density at radius 2 is 1.85 bits per heavy atom. The molecule has 2 aromatic rings. The minimum Gasteiger partial charge on any atom is -0.480 e. The van der Waals surface area contributed by atoms with Gasteiger partial charge in [0.05, 0.1) is 0 Å². The maximum Gasteiger partial charge on any atom is 0.326 e. The van der Waals surface area contributed by atoms with E-state index in [9.17, 15) is 19.5 Å². The molecule has 0 saturated heterocycles. The molecule has 0 radical (unpaired) electrons. The van der Waals surface area contributed by atoms with Crippen molar-refractivity contribution < 1.29 is 19.5 Å². The van der Waals surface area contributed by atoms with E-state index in [1.807, 2.05) is 30.3 Å². The van der Waals surface area contributed by atoms with Crippen molar-refractivity contribution in [2.75, 3.05) is 18.5 Å². The highest BCUT2D eigenvalue weighted by Gasteiger charge is 2.29. The van der Waals surface area contributed by atoms with Gasteiger partial charge in [-0.1, -0.05) is 30.3 Å². The average molecular weight is 366 g/mol. The summed E-state index contributed by atoms with van der Waals surface area (Å²) < 4.78 is 0. The van der Waals surface area contributed by atoms with Gasteiger partial charge in [0.25, 0.3) is 5.91 Å². The Kier molecular flexibility index (Phi) is 5.26. The summed E-state index contributed by atoms with van der Waals surface area (Å²) in [5, 5.41) is 9.61. The number of nitrogens with zero attached hydrogens (tertiary/aromatic N) is 2. The molecule has 6 heteroatoms. The lowest BCUT2D eigenvalue weighted by molar-refractivity contribution is -0.141. The van der Waals surface area contributed by atoms with Crippen LogP contribution in [0.1, 0.15) is 28.4 Å². The number of hydrogen-bond acceptors (Lipinski definition) is 3. The molecule has 1 aliphatic heterocycles. The number of aliphatic carboxylic acids is 1. The van der Waals surface area contributed by atoms with Crippen LogP contribution in [0.5, 0.6) is 0 Å². The summed E-state index contributed by atoms with van der Waals surface area (Å²) in [6, 6.07) is 13.5. The van der Waals surface area contributed by atoms with Crippen molar-refractivity contribution >= 4 is 23.5 Å². The van der Waals surface area contributed by atoms with Gasteiger partial charge in [-0.15, -0.1) is 0 Å². The van der Waals surface area contributed by atoms with Crippen LogP contribution in [0.3, 0.4) is 0 Å². The van der Waals surface area contributed by atoms with Gasteiger partial charge in [0.1, 0.15) is 6.04 Å². The van der Waals surface area contributed by atoms with Crippen molar-refractivity contribution in [2.24, 2.45) is 0 Å². The molecule has 0 saturated carbocycles. The monoisotopic (exact) mass is 366 g/mol. The summed E-state index contributed by atoms with van der Waals surface area (Å²) in [7, 11) is 1.51. The Bertz CT molecular complexity index is 879. The predicted octanol–water partition coefficient (Wildman–Crippen LogP) is 2.36. The van der Waals surface area contributed by atoms with Crippen LogP contribution in [-0.4, -0.2) is 47.4 Å². The number of hydrogen-bond donors (Lipinski definition) is 1. The number of fused-ring (bicyclic) bond motifs is 1. The third-order valence-corrected chi connectivity index (χ3v) is 4.95. The van der Waals surface area contributed by atoms with Crippen LogP contribution in [0.4, 0.5) is 5.69 Å². The standard InChI is InChI=1S/C21H22N2O4/c1-14(24)23-11-10-16-13-17(8-9-18(16)23)20(25)22(2)19(21(26)27)12-15-6-4-3-5-7-15/h3-9,13,19H,10-12H2,1-2H3,(H,26,27). The molecule has 2 amide bonds. The maximum absolute atomic E-state index is 12.9. The first kappa shape index (κ1) is 18.6. The lowest BCUT2D eigenvalue weighted by Crippen LogP contribution is -2.43. The minimum atomic E-state index is -1.04. The molecule has 2 aromatic carbocycles. The van der Waals surface area contributed by atoms with E-state index in [-0.39, 0.29) is 18.2 Å². The molecule has 1 unspecified atom stereocenters. The van der Waals surface area contributed by atoms with Crippen LogP contribution in [0, 0.1) is 0 Å². The molecule has 1 atom stereocenters. The van der Waals surface area contributed by atoms with Crippen molar-refractivity contribution in [3.8, 4) is 0 Å². The normalized spacial score (nSPS) is 13.8. The highest BCUT2D eigenvalue weighted by atomic mass is 16.4. The summed E-state index contributed by atoms with van der Waals surface area (Å²) >= 11 is 0. The number of likely N-dealkylation sites (N-methyl/N-ethyl adjacent to an activating group) is 1. The molecule has 1 aliphatic rings. The highest BCUT2D eigenvalue weighted by Crippen LogP contribution is 2.29. The Morgan fingerprint density at radius 1 is 1.15 bits per heavy atom. The molecule has 6 nitrogen and oxygen atoms in total. The first-order chi connectivity index (χ1) is 12.9. The Morgan fingerprint density at radius 3 is 2.48 bits per heavy atom. The molecule has 0 bridgehead atoms. The predicted molar refractivity (Wildman–Crippen MR) is 102 cm³/mol. The van der Waals surface area contributed by atoms with E-state index in [2.05, 4.69) is 0 Å². The quantitative estimate of drug-likeness (QED) is 0.881. The fraction of sp³-hybridized carbons (Fsp3) is 0.286. The topological polar surface area (TPSA) is 77.9 Å². The van der Waals surface area contributed by atoms with Crippen LogP contribution in [0.15, 0.2) is 48.5 Å². The summed E-state index contributed by atoms with van der Waals surface area (Å²) in [6.45, 7) is 2.12. The highest BCUT2D eigenvalue weighted by molar-refractivity contribution is 5.99. The largest absolute Gasteiger partial charge is 0.480 e. The first-order valence-corrected chi connectivity index (χ1v) is 8.83. The van der Waals surface area contributed by atoms with Crippen molar-refractivity contribution in [1.29, 1.82) is 0 Å². The second-order valence-corrected chi connectivity index (χ2v) is 6.72. The van der Waals surface area contributed by atoms with Gasteiger partial charge >= 0.3 is 5.97 Å². The Labute approximate surface area is 158 Å². The van der Waals surface area contributed by atoms with Gasteiger partial charge in [-0.25, -0.2) is 4.79 Å². The van der Waals surface area contributed by atoms with E-state index >= 15 is 0 Å². The summed E-state index contributed by atoms with van der Waals surface area (Å²) in [6.07, 6.45) is 0.924. The van der Waals surface area contributed by atoms with Crippen molar-refractivity contribution in [3.63, 3.8) is 0 Å². The van der Waals surface area contributed by atoms with Gasteiger partial charge in [0, 0.05) is 38.2 Å². The van der Waals surface area contributed by atoms with Gasteiger partial charge in [-0.3, -0.25) is 9.59 Å². The average Bonchev–Trinajstić information content (AvgIpc) is 3.09. The fourth-order valence-electron chi connectivity index (χ4n) is 3.43. The Hall–Kier alpha value is -3.15. The molecule has 3 rings (SSSR count). The van der Waals surface area contributed by atoms with Gasteiger partial charge in [-0.2, -0.15) is 0 Å². The number of anilines is 1. The zero-order chi connectivity index (χ0) is 19.6. The third kappa shape index (κ3) is 3.84. The summed E-state index contributed by atoms with van der Waals surface area (Å²) in [4.78, 5) is 39.2.